The average molecular weight is 307 g/mol. The predicted octanol–water partition coefficient (Wildman–Crippen LogP) is 4.18. The number of thiazole rings is 1. The van der Waals surface area contributed by atoms with Crippen LogP contribution in [0.5, 0.6) is 0 Å². The van der Waals surface area contributed by atoms with Gasteiger partial charge in [0.1, 0.15) is 0 Å². The quantitative estimate of drug-likeness (QED) is 0.866. The van der Waals surface area contributed by atoms with E-state index in [9.17, 15) is 0 Å². The molecule has 1 atom stereocenters. The van der Waals surface area contributed by atoms with Gasteiger partial charge >= 0.3 is 0 Å². The number of rotatable bonds is 6. The van der Waals surface area contributed by atoms with E-state index in [0.29, 0.717) is 5.92 Å². The molecule has 106 valence electrons. The number of halogens is 1. The first-order valence-electron chi connectivity index (χ1n) is 7.10. The van der Waals surface area contributed by atoms with E-state index in [-0.39, 0.29) is 0 Å². The first-order valence-corrected chi connectivity index (χ1v) is 8.36. The maximum Gasteiger partial charge on any atom is 0.0897 e. The first-order chi connectivity index (χ1) is 9.70. The summed E-state index contributed by atoms with van der Waals surface area (Å²) in [7, 11) is 0. The minimum absolute atomic E-state index is 0.441. The highest BCUT2D eigenvalue weighted by Crippen LogP contribution is 2.26. The third-order valence-corrected chi connectivity index (χ3v) is 4.73. The van der Waals surface area contributed by atoms with Crippen LogP contribution >= 0.6 is 22.9 Å². The Balaban J connectivity index is 1.74. The molecule has 2 nitrogen and oxygen atoms in total. The molecule has 1 aliphatic carbocycles. The summed E-state index contributed by atoms with van der Waals surface area (Å²) in [6.45, 7) is 3.06. The van der Waals surface area contributed by atoms with Crippen LogP contribution in [0.4, 0.5) is 0 Å². The van der Waals surface area contributed by atoms with E-state index in [1.807, 2.05) is 12.1 Å². The second-order valence-electron chi connectivity index (χ2n) is 5.50. The smallest absolute Gasteiger partial charge is 0.0897 e. The van der Waals surface area contributed by atoms with Crippen molar-refractivity contribution in [2.24, 2.45) is 0 Å². The van der Waals surface area contributed by atoms with Crippen molar-refractivity contribution in [3.05, 3.63) is 50.9 Å². The molecule has 1 fully saturated rings. The van der Waals surface area contributed by atoms with Crippen LogP contribution in [0.15, 0.2) is 29.6 Å². The van der Waals surface area contributed by atoms with E-state index in [0.717, 1.165) is 29.0 Å². The molecule has 1 aromatic carbocycles. The average Bonchev–Trinajstić information content (AvgIpc) is 3.17. The summed E-state index contributed by atoms with van der Waals surface area (Å²) in [5, 5.41) is 7.76. The third-order valence-electron chi connectivity index (χ3n) is 3.67. The number of hydrogen-bond acceptors (Lipinski definition) is 3. The van der Waals surface area contributed by atoms with Gasteiger partial charge in [-0.1, -0.05) is 23.7 Å². The maximum atomic E-state index is 6.14. The van der Waals surface area contributed by atoms with E-state index >= 15 is 0 Å². The van der Waals surface area contributed by atoms with Gasteiger partial charge in [-0.25, -0.2) is 4.98 Å². The van der Waals surface area contributed by atoms with Gasteiger partial charge in [0.2, 0.25) is 0 Å². The molecule has 1 saturated carbocycles. The van der Waals surface area contributed by atoms with E-state index in [4.69, 9.17) is 11.6 Å². The summed E-state index contributed by atoms with van der Waals surface area (Å²) in [6, 6.07) is 8.95. The van der Waals surface area contributed by atoms with Gasteiger partial charge in [-0.05, 0) is 43.9 Å². The predicted molar refractivity (Wildman–Crippen MR) is 85.8 cm³/mol. The lowest BCUT2D eigenvalue weighted by Gasteiger charge is -2.17. The fourth-order valence-corrected chi connectivity index (χ4v) is 3.24. The molecule has 4 heteroatoms. The topological polar surface area (TPSA) is 24.9 Å². The largest absolute Gasteiger partial charge is 0.313 e. The lowest BCUT2D eigenvalue weighted by atomic mass is 9.94. The number of aromatic nitrogens is 1. The lowest BCUT2D eigenvalue weighted by Crippen LogP contribution is -2.25. The van der Waals surface area contributed by atoms with Crippen LogP contribution in [0.3, 0.4) is 0 Å². The molecule has 1 aromatic heterocycles. The monoisotopic (exact) mass is 306 g/mol. The number of hydrogen-bond donors (Lipinski definition) is 1. The van der Waals surface area contributed by atoms with E-state index < -0.39 is 0 Å². The van der Waals surface area contributed by atoms with Crippen LogP contribution in [-0.4, -0.2) is 17.6 Å². The van der Waals surface area contributed by atoms with Gasteiger partial charge in [-0.3, -0.25) is 0 Å². The Hall–Kier alpha value is -0.900. The van der Waals surface area contributed by atoms with Crippen molar-refractivity contribution in [3.63, 3.8) is 0 Å². The van der Waals surface area contributed by atoms with Crippen molar-refractivity contribution in [2.75, 3.05) is 6.54 Å². The zero-order chi connectivity index (χ0) is 13.9. The van der Waals surface area contributed by atoms with Crippen molar-refractivity contribution in [1.82, 2.24) is 10.3 Å². The fourth-order valence-electron chi connectivity index (χ4n) is 2.42. The zero-order valence-corrected chi connectivity index (χ0v) is 13.2. The molecular weight excluding hydrogens is 288 g/mol. The van der Waals surface area contributed by atoms with Crippen LogP contribution < -0.4 is 5.32 Å². The molecule has 0 spiro atoms. The van der Waals surface area contributed by atoms with Gasteiger partial charge in [-0.2, -0.15) is 0 Å². The van der Waals surface area contributed by atoms with Crippen LogP contribution in [0.2, 0.25) is 5.02 Å². The number of benzene rings is 1. The molecule has 0 bridgehead atoms. The summed E-state index contributed by atoms with van der Waals surface area (Å²) in [5.74, 6) is 0.441. The van der Waals surface area contributed by atoms with Crippen molar-refractivity contribution < 1.29 is 0 Å². The first kappa shape index (κ1) is 14.1. The molecule has 2 aromatic rings. The molecule has 1 aliphatic rings. The van der Waals surface area contributed by atoms with Crippen molar-refractivity contribution in [2.45, 2.75) is 38.1 Å². The Morgan fingerprint density at radius 2 is 2.30 bits per heavy atom. The molecule has 0 amide bonds. The number of nitrogens with zero attached hydrogens (tertiary/aromatic N) is 1. The van der Waals surface area contributed by atoms with E-state index in [1.165, 1.54) is 24.1 Å². The Labute approximate surface area is 129 Å². The minimum atomic E-state index is 0.441. The van der Waals surface area contributed by atoms with Crippen molar-refractivity contribution in [1.29, 1.82) is 0 Å². The second-order valence-corrected chi connectivity index (χ2v) is 7.00. The molecule has 0 radical (unpaired) electrons. The summed E-state index contributed by atoms with van der Waals surface area (Å²) >= 11 is 7.86. The van der Waals surface area contributed by atoms with E-state index in [2.05, 4.69) is 34.7 Å². The van der Waals surface area contributed by atoms with Crippen LogP contribution in [0.25, 0.3) is 0 Å². The highest BCUT2D eigenvalue weighted by atomic mass is 35.5. The standard InChI is InChI=1S/C16H19ClN2S/c1-11-19-16(10-20-11)8-13(9-18-15-5-6-15)12-3-2-4-14(17)7-12/h2-4,7,10,13,15,18H,5-6,8-9H2,1H3. The SMILES string of the molecule is Cc1nc(CC(CNC2CC2)c2cccc(Cl)c2)cs1. The van der Waals surface area contributed by atoms with Crippen molar-refractivity contribution >= 4 is 22.9 Å². The van der Waals surface area contributed by atoms with Crippen molar-refractivity contribution in [3.8, 4) is 0 Å². The van der Waals surface area contributed by atoms with E-state index in [1.54, 1.807) is 11.3 Å². The number of aryl methyl sites for hydroxylation is 1. The van der Waals surface area contributed by atoms with Crippen LogP contribution in [0, 0.1) is 6.92 Å². The molecule has 1 heterocycles. The van der Waals surface area contributed by atoms with Gasteiger partial charge in [0.25, 0.3) is 0 Å². The Kier molecular flexibility index (Phi) is 4.39. The molecule has 20 heavy (non-hydrogen) atoms. The summed E-state index contributed by atoms with van der Waals surface area (Å²) in [5.41, 5.74) is 2.49. The third kappa shape index (κ3) is 3.81. The summed E-state index contributed by atoms with van der Waals surface area (Å²) in [4.78, 5) is 4.60. The number of nitrogens with one attached hydrogen (secondary N) is 1. The molecule has 3 rings (SSSR count). The Morgan fingerprint density at radius 3 is 2.95 bits per heavy atom. The van der Waals surface area contributed by atoms with Crippen LogP contribution in [0.1, 0.15) is 35.0 Å². The second kappa shape index (κ2) is 6.25. The highest BCUT2D eigenvalue weighted by molar-refractivity contribution is 7.09. The van der Waals surface area contributed by atoms with Crippen LogP contribution in [-0.2, 0) is 6.42 Å². The molecule has 1 N–H and O–H groups in total. The highest BCUT2D eigenvalue weighted by Gasteiger charge is 2.23. The molecule has 1 unspecified atom stereocenters. The Bertz CT molecular complexity index is 577. The Morgan fingerprint density at radius 1 is 1.45 bits per heavy atom. The minimum Gasteiger partial charge on any atom is -0.313 e. The normalized spacial score (nSPS) is 16.3. The lowest BCUT2D eigenvalue weighted by molar-refractivity contribution is 0.573. The van der Waals surface area contributed by atoms with Gasteiger partial charge in [0.15, 0.2) is 0 Å². The molecular formula is C16H19ClN2S. The van der Waals surface area contributed by atoms with Gasteiger partial charge in [0.05, 0.1) is 10.7 Å². The van der Waals surface area contributed by atoms with Gasteiger partial charge in [0, 0.05) is 28.9 Å². The molecule has 0 saturated heterocycles. The fraction of sp³-hybridized carbons (Fsp3) is 0.438. The maximum absolute atomic E-state index is 6.14. The zero-order valence-electron chi connectivity index (χ0n) is 11.6. The molecule has 0 aliphatic heterocycles. The summed E-state index contributed by atoms with van der Waals surface area (Å²) < 4.78 is 0. The van der Waals surface area contributed by atoms with Gasteiger partial charge in [-0.15, -0.1) is 11.3 Å². The van der Waals surface area contributed by atoms with Gasteiger partial charge < -0.3 is 5.32 Å². The summed E-state index contributed by atoms with van der Waals surface area (Å²) in [6.07, 6.45) is 3.61.